The molecule has 0 aliphatic heterocycles. The van der Waals surface area contributed by atoms with Crippen LogP contribution < -0.4 is 0 Å². The molecule has 0 N–H and O–H groups in total. The van der Waals surface area contributed by atoms with Crippen molar-refractivity contribution in [3.8, 4) is 0 Å². The zero-order valence-electron chi connectivity index (χ0n) is 6.00. The van der Waals surface area contributed by atoms with E-state index in [-0.39, 0.29) is 0 Å². The van der Waals surface area contributed by atoms with Gasteiger partial charge in [-0.1, -0.05) is 0 Å². The molecule has 1 nitrogen and oxygen atoms in total. The highest BCUT2D eigenvalue weighted by Crippen LogP contribution is 2.41. The summed E-state index contributed by atoms with van der Waals surface area (Å²) in [6.07, 6.45) is -6.49. The molecule has 0 radical (unpaired) electrons. The molecule has 14 heavy (non-hydrogen) atoms. The van der Waals surface area contributed by atoms with Crippen molar-refractivity contribution < 1.29 is 39.5 Å². The fraction of sp³-hybridized carbons (Fsp3) is 1.00. The minimum Gasteiger partial charge on any atom is -0.191 e. The van der Waals surface area contributed by atoms with Crippen molar-refractivity contribution in [1.29, 1.82) is 0 Å². The van der Waals surface area contributed by atoms with Gasteiger partial charge in [-0.25, -0.2) is 0 Å². The summed E-state index contributed by atoms with van der Waals surface area (Å²) in [4.78, 5) is -2.52. The Balaban J connectivity index is 5.01. The van der Waals surface area contributed by atoms with Crippen LogP contribution in [-0.2, 0) is 0 Å². The van der Waals surface area contributed by atoms with Crippen molar-refractivity contribution in [2.75, 3.05) is 0 Å². The van der Waals surface area contributed by atoms with Crippen LogP contribution in [0.2, 0.25) is 0 Å². The first-order valence-electron chi connectivity index (χ1n) is 2.81. The molecule has 0 atom stereocenters. The van der Waals surface area contributed by atoms with E-state index in [1.807, 2.05) is 0 Å². The van der Waals surface area contributed by atoms with Crippen LogP contribution in [0.4, 0.5) is 39.5 Å². The first-order valence-corrected chi connectivity index (χ1v) is 2.81. The summed E-state index contributed by atoms with van der Waals surface area (Å²) in [5.41, 5.74) is 0. The SMILES string of the molecule is FC(F)N(C(F)F)C(F)(F)C(F)(F)F. The third kappa shape index (κ3) is 2.42. The Hall–Kier alpha value is -0.670. The Morgan fingerprint density at radius 1 is 0.714 bits per heavy atom. The van der Waals surface area contributed by atoms with E-state index in [9.17, 15) is 39.5 Å². The number of halogens is 9. The number of rotatable bonds is 3. The summed E-state index contributed by atoms with van der Waals surface area (Å²) >= 11 is 0. The van der Waals surface area contributed by atoms with Gasteiger partial charge in [0.15, 0.2) is 0 Å². The maximum Gasteiger partial charge on any atom is 0.469 e. The quantitative estimate of drug-likeness (QED) is 0.537. The van der Waals surface area contributed by atoms with Gasteiger partial charge in [-0.15, -0.1) is 4.90 Å². The second-order valence-electron chi connectivity index (χ2n) is 2.00. The van der Waals surface area contributed by atoms with Gasteiger partial charge < -0.3 is 0 Å². The van der Waals surface area contributed by atoms with Crippen molar-refractivity contribution in [1.82, 2.24) is 4.90 Å². The number of hydrogen-bond acceptors (Lipinski definition) is 1. The van der Waals surface area contributed by atoms with Crippen LogP contribution in [0.5, 0.6) is 0 Å². The molecular weight excluding hydrogens is 233 g/mol. The molecule has 0 saturated carbocycles. The molecular formula is C4H2F9N. The second kappa shape index (κ2) is 3.83. The molecule has 0 aromatic heterocycles. The Bertz CT molecular complexity index is 176. The van der Waals surface area contributed by atoms with Crippen molar-refractivity contribution >= 4 is 0 Å². The van der Waals surface area contributed by atoms with Crippen LogP contribution in [0.15, 0.2) is 0 Å². The summed E-state index contributed by atoms with van der Waals surface area (Å²) in [6.45, 7) is -9.24. The second-order valence-corrected chi connectivity index (χ2v) is 2.00. The van der Waals surface area contributed by atoms with Crippen LogP contribution in [0.1, 0.15) is 0 Å². The zero-order chi connectivity index (χ0) is 11.7. The van der Waals surface area contributed by atoms with Gasteiger partial charge in [0.1, 0.15) is 0 Å². The summed E-state index contributed by atoms with van der Waals surface area (Å²) in [5.74, 6) is 0. The molecule has 10 heteroatoms. The Labute approximate surface area is 71.1 Å². The topological polar surface area (TPSA) is 3.24 Å². The third-order valence-corrected chi connectivity index (χ3v) is 1.09. The lowest BCUT2D eigenvalue weighted by Crippen LogP contribution is -2.56. The highest BCUT2D eigenvalue weighted by atomic mass is 19.4. The van der Waals surface area contributed by atoms with Gasteiger partial charge in [0, 0.05) is 0 Å². The van der Waals surface area contributed by atoms with Gasteiger partial charge in [-0.2, -0.15) is 39.5 Å². The molecule has 0 unspecified atom stereocenters. The van der Waals surface area contributed by atoms with E-state index < -0.39 is 30.2 Å². The molecule has 0 amide bonds. The highest BCUT2D eigenvalue weighted by molar-refractivity contribution is 4.76. The van der Waals surface area contributed by atoms with E-state index in [1.165, 1.54) is 0 Å². The third-order valence-electron chi connectivity index (χ3n) is 1.09. The fourth-order valence-electron chi connectivity index (χ4n) is 0.477. The minimum absolute atomic E-state index is 2.52. The average molecular weight is 235 g/mol. The number of nitrogens with zero attached hydrogens (tertiary/aromatic N) is 1. The molecule has 0 aliphatic carbocycles. The summed E-state index contributed by atoms with van der Waals surface area (Å²) < 4.78 is 104. The standard InChI is InChI=1S/C4H2F9N/c5-1(6)14(2(7)8)4(12,13)3(9,10)11/h1-2H. The Morgan fingerprint density at radius 2 is 1.00 bits per heavy atom. The maximum atomic E-state index is 11.9. The maximum absolute atomic E-state index is 11.9. The van der Waals surface area contributed by atoms with Crippen molar-refractivity contribution in [2.45, 2.75) is 25.3 Å². The van der Waals surface area contributed by atoms with Crippen molar-refractivity contribution in [2.24, 2.45) is 0 Å². The Kier molecular flexibility index (Phi) is 3.65. The lowest BCUT2D eigenvalue weighted by atomic mass is 10.5. The van der Waals surface area contributed by atoms with Crippen LogP contribution in [0.25, 0.3) is 0 Å². The van der Waals surface area contributed by atoms with E-state index in [2.05, 4.69) is 0 Å². The van der Waals surface area contributed by atoms with Gasteiger partial charge in [-0.3, -0.25) is 0 Å². The summed E-state index contributed by atoms with van der Waals surface area (Å²) in [7, 11) is 0. The smallest absolute Gasteiger partial charge is 0.191 e. The molecule has 0 spiro atoms. The molecule has 0 saturated heterocycles. The molecule has 86 valence electrons. The summed E-state index contributed by atoms with van der Waals surface area (Å²) in [5, 5.41) is 0. The lowest BCUT2D eigenvalue weighted by molar-refractivity contribution is -0.390. The van der Waals surface area contributed by atoms with Crippen LogP contribution in [0, 0.1) is 0 Å². The van der Waals surface area contributed by atoms with E-state index >= 15 is 0 Å². The van der Waals surface area contributed by atoms with E-state index in [4.69, 9.17) is 0 Å². The van der Waals surface area contributed by atoms with Crippen LogP contribution in [-0.4, -0.2) is 30.2 Å². The predicted octanol–water partition coefficient (Wildman–Crippen LogP) is 2.89. The monoisotopic (exact) mass is 235 g/mol. The lowest BCUT2D eigenvalue weighted by Gasteiger charge is -2.30. The van der Waals surface area contributed by atoms with Gasteiger partial charge in [0.05, 0.1) is 0 Å². The van der Waals surface area contributed by atoms with Gasteiger partial charge in [0.25, 0.3) is 0 Å². The predicted molar refractivity (Wildman–Crippen MR) is 24.8 cm³/mol. The van der Waals surface area contributed by atoms with Gasteiger partial charge in [0.2, 0.25) is 0 Å². The van der Waals surface area contributed by atoms with E-state index in [0.29, 0.717) is 0 Å². The molecule has 0 aromatic carbocycles. The molecule has 0 fully saturated rings. The van der Waals surface area contributed by atoms with Crippen LogP contribution in [0.3, 0.4) is 0 Å². The fourth-order valence-corrected chi connectivity index (χ4v) is 0.477. The number of alkyl halides is 9. The molecule has 0 rings (SSSR count). The largest absolute Gasteiger partial charge is 0.469 e. The van der Waals surface area contributed by atoms with Crippen molar-refractivity contribution in [3.05, 3.63) is 0 Å². The van der Waals surface area contributed by atoms with E-state index in [0.717, 1.165) is 0 Å². The molecule has 0 aliphatic rings. The summed E-state index contributed by atoms with van der Waals surface area (Å²) in [6, 6.07) is -6.27. The normalized spacial score (nSPS) is 14.6. The van der Waals surface area contributed by atoms with Gasteiger partial charge >= 0.3 is 25.3 Å². The zero-order valence-corrected chi connectivity index (χ0v) is 6.00. The minimum atomic E-state index is -6.49. The highest BCUT2D eigenvalue weighted by Gasteiger charge is 2.66. The Morgan fingerprint density at radius 3 is 1.07 bits per heavy atom. The molecule has 0 aromatic rings. The molecule has 0 bridgehead atoms. The van der Waals surface area contributed by atoms with Crippen molar-refractivity contribution in [3.63, 3.8) is 0 Å². The van der Waals surface area contributed by atoms with Crippen LogP contribution >= 0.6 is 0 Å². The first-order chi connectivity index (χ1) is 6.01. The average Bonchev–Trinajstić information content (AvgIpc) is 1.79. The number of hydrogen-bond donors (Lipinski definition) is 0. The first kappa shape index (κ1) is 13.3. The van der Waals surface area contributed by atoms with Gasteiger partial charge in [-0.05, 0) is 0 Å². The molecule has 0 heterocycles. The van der Waals surface area contributed by atoms with E-state index in [1.54, 1.807) is 0 Å².